The van der Waals surface area contributed by atoms with Gasteiger partial charge in [0, 0.05) is 17.6 Å². The van der Waals surface area contributed by atoms with Gasteiger partial charge in [0.25, 0.3) is 0 Å². The number of likely N-dealkylation sites (N-methyl/N-ethyl adjacent to an activating group) is 1. The van der Waals surface area contributed by atoms with E-state index in [1.807, 2.05) is 43.1 Å². The number of hydrogen-bond donors (Lipinski definition) is 1. The number of hydrogen-bond acceptors (Lipinski definition) is 4. The summed E-state index contributed by atoms with van der Waals surface area (Å²) in [7, 11) is 3.30. The first kappa shape index (κ1) is 21.1. The maximum absolute atomic E-state index is 12.4. The second-order valence-electron chi connectivity index (χ2n) is 6.44. The lowest BCUT2D eigenvalue weighted by Gasteiger charge is -2.24. The third-order valence-electron chi connectivity index (χ3n) is 4.55. The summed E-state index contributed by atoms with van der Waals surface area (Å²) in [4.78, 5) is 25.9. The average Bonchev–Trinajstić information content (AvgIpc) is 2.70. The Balaban J connectivity index is 1.80. The fourth-order valence-corrected chi connectivity index (χ4v) is 2.83. The van der Waals surface area contributed by atoms with E-state index in [4.69, 9.17) is 0 Å². The molecule has 0 bridgehead atoms. The molecule has 144 valence electrons. The van der Waals surface area contributed by atoms with Crippen molar-refractivity contribution in [3.05, 3.63) is 69.7 Å². The first-order chi connectivity index (χ1) is 12.9. The fourth-order valence-electron chi connectivity index (χ4n) is 2.56. The zero-order valence-electron chi connectivity index (χ0n) is 15.9. The van der Waals surface area contributed by atoms with Gasteiger partial charge >= 0.3 is 5.97 Å². The molecule has 2 aromatic carbocycles. The van der Waals surface area contributed by atoms with E-state index in [0.717, 1.165) is 23.0 Å². The summed E-state index contributed by atoms with van der Waals surface area (Å²) >= 11 is 3.43. The Morgan fingerprint density at radius 1 is 1.07 bits per heavy atom. The summed E-state index contributed by atoms with van der Waals surface area (Å²) in [6.07, 6.45) is 0.885. The van der Waals surface area contributed by atoms with Crippen LogP contribution < -0.4 is 5.32 Å². The second kappa shape index (κ2) is 10.2. The van der Waals surface area contributed by atoms with Gasteiger partial charge in [-0.15, -0.1) is 0 Å². The molecule has 0 radical (unpaired) electrons. The number of nitrogens with one attached hydrogen (secondary N) is 1. The molecular weight excluding hydrogens is 408 g/mol. The van der Waals surface area contributed by atoms with Crippen molar-refractivity contribution >= 4 is 27.8 Å². The van der Waals surface area contributed by atoms with Crippen LogP contribution in [0.1, 0.15) is 28.4 Å². The third kappa shape index (κ3) is 6.48. The smallest absolute Gasteiger partial charge is 0.337 e. The fraction of sp³-hybridized carbons (Fsp3) is 0.333. The van der Waals surface area contributed by atoms with Gasteiger partial charge in [-0.25, -0.2) is 4.79 Å². The molecule has 2 rings (SSSR count). The maximum atomic E-state index is 12.4. The number of carbonyl (C=O) groups is 2. The Kier molecular flexibility index (Phi) is 8.00. The van der Waals surface area contributed by atoms with Crippen LogP contribution in [0.25, 0.3) is 0 Å². The molecule has 27 heavy (non-hydrogen) atoms. The number of nitrogens with zero attached hydrogens (tertiary/aromatic N) is 1. The molecule has 1 N–H and O–H groups in total. The first-order valence-corrected chi connectivity index (χ1v) is 9.59. The molecule has 0 saturated heterocycles. The van der Waals surface area contributed by atoms with Crippen LogP contribution >= 0.6 is 15.9 Å². The van der Waals surface area contributed by atoms with Crippen molar-refractivity contribution in [3.63, 3.8) is 0 Å². The van der Waals surface area contributed by atoms with Gasteiger partial charge in [-0.05, 0) is 55.8 Å². The standard InChI is InChI=1S/C21H25BrN2O3/c1-15(24(2)13-12-16-6-10-19(22)11-7-16)20(25)23-14-17-4-8-18(9-5-17)21(26)27-3/h4-11,15H,12-14H2,1-3H3,(H,23,25). The summed E-state index contributed by atoms with van der Waals surface area (Å²) in [6.45, 7) is 3.12. The molecule has 0 spiro atoms. The van der Waals surface area contributed by atoms with Gasteiger partial charge in [0.2, 0.25) is 5.91 Å². The minimum Gasteiger partial charge on any atom is -0.465 e. The quantitative estimate of drug-likeness (QED) is 0.649. The molecule has 0 aliphatic heterocycles. The highest BCUT2D eigenvalue weighted by atomic mass is 79.9. The minimum atomic E-state index is -0.369. The molecule has 0 heterocycles. The summed E-state index contributed by atoms with van der Waals surface area (Å²) in [5.74, 6) is -0.392. The van der Waals surface area contributed by atoms with Gasteiger partial charge in [-0.1, -0.05) is 40.2 Å². The number of benzene rings is 2. The Labute approximate surface area is 168 Å². The van der Waals surface area contributed by atoms with E-state index >= 15 is 0 Å². The van der Waals surface area contributed by atoms with Gasteiger partial charge in [-0.2, -0.15) is 0 Å². The van der Waals surface area contributed by atoms with Gasteiger partial charge in [0.05, 0.1) is 18.7 Å². The Morgan fingerprint density at radius 3 is 2.26 bits per heavy atom. The normalized spacial score (nSPS) is 11.9. The second-order valence-corrected chi connectivity index (χ2v) is 7.36. The van der Waals surface area contributed by atoms with Gasteiger partial charge in [0.15, 0.2) is 0 Å². The Morgan fingerprint density at radius 2 is 1.67 bits per heavy atom. The van der Waals surface area contributed by atoms with Crippen molar-refractivity contribution in [1.82, 2.24) is 10.2 Å². The average molecular weight is 433 g/mol. The van der Waals surface area contributed by atoms with Gasteiger partial charge in [0.1, 0.15) is 0 Å². The van der Waals surface area contributed by atoms with Crippen LogP contribution in [0.2, 0.25) is 0 Å². The van der Waals surface area contributed by atoms with Crippen LogP contribution in [-0.4, -0.2) is 43.5 Å². The highest BCUT2D eigenvalue weighted by molar-refractivity contribution is 9.10. The number of amides is 1. The summed E-state index contributed by atoms with van der Waals surface area (Å²) in [5, 5.41) is 2.94. The molecule has 0 aliphatic rings. The van der Waals surface area contributed by atoms with Crippen molar-refractivity contribution in [2.75, 3.05) is 20.7 Å². The van der Waals surface area contributed by atoms with Crippen LogP contribution in [0.4, 0.5) is 0 Å². The molecule has 5 nitrogen and oxygen atoms in total. The number of halogens is 1. The van der Waals surface area contributed by atoms with E-state index in [0.29, 0.717) is 12.1 Å². The molecular formula is C21H25BrN2O3. The zero-order chi connectivity index (χ0) is 19.8. The first-order valence-electron chi connectivity index (χ1n) is 8.80. The van der Waals surface area contributed by atoms with Crippen LogP contribution in [0.15, 0.2) is 53.0 Å². The van der Waals surface area contributed by atoms with E-state index in [1.165, 1.54) is 12.7 Å². The van der Waals surface area contributed by atoms with Crippen LogP contribution in [0, 0.1) is 0 Å². The molecule has 0 saturated carbocycles. The van der Waals surface area contributed by atoms with E-state index in [1.54, 1.807) is 12.1 Å². The molecule has 6 heteroatoms. The van der Waals surface area contributed by atoms with Crippen LogP contribution in [0.3, 0.4) is 0 Å². The van der Waals surface area contributed by atoms with E-state index in [2.05, 4.69) is 38.1 Å². The number of esters is 1. The van der Waals surface area contributed by atoms with E-state index < -0.39 is 0 Å². The third-order valence-corrected chi connectivity index (χ3v) is 5.08. The maximum Gasteiger partial charge on any atom is 0.337 e. The van der Waals surface area contributed by atoms with Crippen LogP contribution in [0.5, 0.6) is 0 Å². The number of methoxy groups -OCH3 is 1. The van der Waals surface area contributed by atoms with Crippen molar-refractivity contribution in [3.8, 4) is 0 Å². The number of ether oxygens (including phenoxy) is 1. The highest BCUT2D eigenvalue weighted by Crippen LogP contribution is 2.11. The molecule has 0 fully saturated rings. The highest BCUT2D eigenvalue weighted by Gasteiger charge is 2.17. The topological polar surface area (TPSA) is 58.6 Å². The molecule has 1 atom stereocenters. The lowest BCUT2D eigenvalue weighted by Crippen LogP contribution is -2.43. The van der Waals surface area contributed by atoms with Crippen molar-refractivity contribution in [2.45, 2.75) is 25.9 Å². The summed E-state index contributed by atoms with van der Waals surface area (Å²) in [6, 6.07) is 15.0. The van der Waals surface area contributed by atoms with Crippen molar-refractivity contribution in [2.24, 2.45) is 0 Å². The SMILES string of the molecule is COC(=O)c1ccc(CNC(=O)C(C)N(C)CCc2ccc(Br)cc2)cc1. The molecule has 1 amide bonds. The van der Waals surface area contributed by atoms with Crippen LogP contribution in [-0.2, 0) is 22.5 Å². The van der Waals surface area contributed by atoms with Crippen molar-refractivity contribution < 1.29 is 14.3 Å². The molecule has 2 aromatic rings. The zero-order valence-corrected chi connectivity index (χ0v) is 17.5. The predicted molar refractivity (Wildman–Crippen MR) is 110 cm³/mol. The molecule has 0 aliphatic carbocycles. The van der Waals surface area contributed by atoms with E-state index in [9.17, 15) is 9.59 Å². The van der Waals surface area contributed by atoms with Crippen molar-refractivity contribution in [1.29, 1.82) is 0 Å². The lowest BCUT2D eigenvalue weighted by molar-refractivity contribution is -0.125. The number of carbonyl (C=O) groups excluding carboxylic acids is 2. The summed E-state index contributed by atoms with van der Waals surface area (Å²) < 4.78 is 5.74. The molecule has 1 unspecified atom stereocenters. The molecule has 0 aromatic heterocycles. The summed E-state index contributed by atoms with van der Waals surface area (Å²) in [5.41, 5.74) is 2.66. The van der Waals surface area contributed by atoms with Gasteiger partial charge in [-0.3, -0.25) is 9.69 Å². The Hall–Kier alpha value is -2.18. The number of rotatable bonds is 8. The largest absolute Gasteiger partial charge is 0.465 e. The minimum absolute atomic E-state index is 0.0228. The monoisotopic (exact) mass is 432 g/mol. The Bertz CT molecular complexity index is 760. The van der Waals surface area contributed by atoms with Gasteiger partial charge < -0.3 is 10.1 Å². The predicted octanol–water partition coefficient (Wildman–Crippen LogP) is 3.41. The van der Waals surface area contributed by atoms with E-state index in [-0.39, 0.29) is 17.9 Å². The lowest BCUT2D eigenvalue weighted by atomic mass is 10.1.